The molecule has 26 heavy (non-hydrogen) atoms. The lowest BCUT2D eigenvalue weighted by atomic mass is 10.2. The van der Waals surface area contributed by atoms with E-state index in [1.807, 2.05) is 24.3 Å². The minimum absolute atomic E-state index is 0.0548. The van der Waals surface area contributed by atoms with Gasteiger partial charge < -0.3 is 13.9 Å². The van der Waals surface area contributed by atoms with E-state index in [9.17, 15) is 9.90 Å². The Morgan fingerprint density at radius 1 is 1.31 bits per heavy atom. The molecule has 4 aromatic rings. The van der Waals surface area contributed by atoms with Crippen molar-refractivity contribution in [2.45, 2.75) is 0 Å². The third kappa shape index (κ3) is 2.96. The number of hydrogen-bond acceptors (Lipinski definition) is 7. The number of carbonyl (C=O) groups is 1. The number of hydrazone groups is 1. The first-order valence-corrected chi connectivity index (χ1v) is 8.57. The molecular weight excluding hydrogens is 378 g/mol. The summed E-state index contributed by atoms with van der Waals surface area (Å²) in [4.78, 5) is 16.7. The van der Waals surface area contributed by atoms with Crippen molar-refractivity contribution in [2.24, 2.45) is 5.10 Å². The van der Waals surface area contributed by atoms with Crippen LogP contribution in [0, 0.1) is 0 Å². The SMILES string of the molecule is O=C(N/N=C/c1nc(-c2ccco2)oc1O)c1sc2ccccc2c1Cl. The van der Waals surface area contributed by atoms with Crippen LogP contribution in [-0.4, -0.2) is 22.2 Å². The molecule has 0 bridgehead atoms. The number of oxazole rings is 1. The molecule has 0 atom stereocenters. The summed E-state index contributed by atoms with van der Waals surface area (Å²) in [5.74, 6) is -0.426. The van der Waals surface area contributed by atoms with Gasteiger partial charge in [-0.1, -0.05) is 29.8 Å². The molecule has 4 rings (SSSR count). The monoisotopic (exact) mass is 387 g/mol. The van der Waals surface area contributed by atoms with Crippen LogP contribution in [0.5, 0.6) is 5.95 Å². The van der Waals surface area contributed by atoms with Crippen molar-refractivity contribution in [1.82, 2.24) is 10.4 Å². The first-order valence-electron chi connectivity index (χ1n) is 7.37. The summed E-state index contributed by atoms with van der Waals surface area (Å²) in [6.07, 6.45) is 2.63. The molecule has 3 aromatic heterocycles. The van der Waals surface area contributed by atoms with E-state index in [1.54, 1.807) is 12.1 Å². The Morgan fingerprint density at radius 3 is 2.92 bits per heavy atom. The molecule has 0 radical (unpaired) electrons. The molecular formula is C17H10ClN3O4S. The lowest BCUT2D eigenvalue weighted by Crippen LogP contribution is -2.16. The molecule has 0 spiro atoms. The fourth-order valence-electron chi connectivity index (χ4n) is 2.28. The number of aromatic nitrogens is 1. The molecule has 0 saturated carbocycles. The summed E-state index contributed by atoms with van der Waals surface area (Å²) in [6.45, 7) is 0. The lowest BCUT2D eigenvalue weighted by Gasteiger charge is -1.96. The molecule has 9 heteroatoms. The number of nitrogens with one attached hydrogen (secondary N) is 1. The van der Waals surface area contributed by atoms with Crippen molar-refractivity contribution in [3.05, 3.63) is 58.3 Å². The second-order valence-electron chi connectivity index (χ2n) is 5.13. The van der Waals surface area contributed by atoms with E-state index in [2.05, 4.69) is 15.5 Å². The van der Waals surface area contributed by atoms with Gasteiger partial charge in [-0.3, -0.25) is 4.79 Å². The number of halogens is 1. The summed E-state index contributed by atoms with van der Waals surface area (Å²) >= 11 is 7.52. The van der Waals surface area contributed by atoms with Crippen LogP contribution in [0.1, 0.15) is 15.4 Å². The summed E-state index contributed by atoms with van der Waals surface area (Å²) in [5.41, 5.74) is 2.42. The van der Waals surface area contributed by atoms with E-state index in [4.69, 9.17) is 20.4 Å². The van der Waals surface area contributed by atoms with Gasteiger partial charge in [-0.05, 0) is 18.2 Å². The van der Waals surface area contributed by atoms with Crippen LogP contribution in [0.25, 0.3) is 21.7 Å². The average Bonchev–Trinajstić information content (AvgIpc) is 3.35. The molecule has 0 saturated heterocycles. The third-order valence-electron chi connectivity index (χ3n) is 3.46. The third-order valence-corrected chi connectivity index (χ3v) is 5.13. The highest BCUT2D eigenvalue weighted by Crippen LogP contribution is 2.35. The first-order chi connectivity index (χ1) is 12.6. The zero-order valence-electron chi connectivity index (χ0n) is 13.0. The standard InChI is InChI=1S/C17H10ClN3O4S/c18-13-9-4-1-2-6-12(9)26-14(13)15(22)21-19-8-10-17(23)25-16(20-10)11-5-3-7-24-11/h1-8,23H,(H,21,22)/b19-8+. The van der Waals surface area contributed by atoms with Crippen molar-refractivity contribution in [3.63, 3.8) is 0 Å². The second-order valence-corrected chi connectivity index (χ2v) is 6.56. The topological polar surface area (TPSA) is 101 Å². The number of nitrogens with zero attached hydrogens (tertiary/aromatic N) is 2. The zero-order chi connectivity index (χ0) is 18.1. The highest BCUT2D eigenvalue weighted by molar-refractivity contribution is 7.21. The first kappa shape index (κ1) is 16.4. The van der Waals surface area contributed by atoms with Gasteiger partial charge in [0.2, 0.25) is 0 Å². The van der Waals surface area contributed by atoms with Crippen LogP contribution in [0.2, 0.25) is 5.02 Å². The maximum absolute atomic E-state index is 12.3. The number of benzene rings is 1. The van der Waals surface area contributed by atoms with Crippen LogP contribution in [-0.2, 0) is 0 Å². The van der Waals surface area contributed by atoms with Gasteiger partial charge in [-0.15, -0.1) is 11.3 Å². The van der Waals surface area contributed by atoms with Crippen molar-refractivity contribution in [2.75, 3.05) is 0 Å². The molecule has 7 nitrogen and oxygen atoms in total. The Bertz CT molecular complexity index is 1110. The van der Waals surface area contributed by atoms with Gasteiger partial charge in [0, 0.05) is 10.1 Å². The Morgan fingerprint density at radius 2 is 2.15 bits per heavy atom. The van der Waals surface area contributed by atoms with E-state index >= 15 is 0 Å². The number of hydrogen-bond donors (Lipinski definition) is 2. The largest absolute Gasteiger partial charge is 0.479 e. The molecule has 0 unspecified atom stereocenters. The number of amides is 1. The molecule has 0 aliphatic carbocycles. The van der Waals surface area contributed by atoms with Crippen LogP contribution in [0.15, 0.2) is 56.6 Å². The Kier molecular flexibility index (Phi) is 4.19. The zero-order valence-corrected chi connectivity index (χ0v) is 14.5. The van der Waals surface area contributed by atoms with Crippen molar-refractivity contribution >= 4 is 45.1 Å². The Balaban J connectivity index is 1.51. The predicted octanol–water partition coefficient (Wildman–Crippen LogP) is 4.27. The molecule has 130 valence electrons. The van der Waals surface area contributed by atoms with E-state index in [-0.39, 0.29) is 11.6 Å². The van der Waals surface area contributed by atoms with E-state index in [0.29, 0.717) is 15.7 Å². The molecule has 2 N–H and O–H groups in total. The quantitative estimate of drug-likeness (QED) is 0.402. The lowest BCUT2D eigenvalue weighted by molar-refractivity contribution is 0.0959. The highest BCUT2D eigenvalue weighted by atomic mass is 35.5. The van der Waals surface area contributed by atoms with E-state index in [1.165, 1.54) is 23.8 Å². The molecule has 0 fully saturated rings. The van der Waals surface area contributed by atoms with E-state index < -0.39 is 11.9 Å². The van der Waals surface area contributed by atoms with Crippen molar-refractivity contribution in [1.29, 1.82) is 0 Å². The van der Waals surface area contributed by atoms with Gasteiger partial charge in [0.25, 0.3) is 11.8 Å². The molecule has 1 aromatic carbocycles. The number of rotatable bonds is 4. The molecule has 1 amide bonds. The molecule has 0 aliphatic rings. The normalized spacial score (nSPS) is 11.4. The van der Waals surface area contributed by atoms with Crippen LogP contribution >= 0.6 is 22.9 Å². The predicted molar refractivity (Wildman–Crippen MR) is 97.8 cm³/mol. The van der Waals surface area contributed by atoms with Crippen LogP contribution in [0.3, 0.4) is 0 Å². The minimum Gasteiger partial charge on any atom is -0.479 e. The van der Waals surface area contributed by atoms with Gasteiger partial charge >= 0.3 is 5.95 Å². The Labute approximate surface area is 155 Å². The number of furan rings is 1. The Hall–Kier alpha value is -3.10. The number of thiophene rings is 1. The average molecular weight is 388 g/mol. The molecule has 3 heterocycles. The van der Waals surface area contributed by atoms with Gasteiger partial charge in [0.15, 0.2) is 11.5 Å². The van der Waals surface area contributed by atoms with Crippen LogP contribution < -0.4 is 5.43 Å². The van der Waals surface area contributed by atoms with Crippen molar-refractivity contribution in [3.8, 4) is 17.6 Å². The molecule has 0 aliphatic heterocycles. The summed E-state index contributed by atoms with van der Waals surface area (Å²) in [5, 5.41) is 14.7. The van der Waals surface area contributed by atoms with E-state index in [0.717, 1.165) is 10.1 Å². The maximum Gasteiger partial charge on any atom is 0.312 e. The fourth-order valence-corrected chi connectivity index (χ4v) is 3.68. The summed E-state index contributed by atoms with van der Waals surface area (Å²) in [6, 6.07) is 10.8. The summed E-state index contributed by atoms with van der Waals surface area (Å²) < 4.78 is 11.1. The smallest absolute Gasteiger partial charge is 0.312 e. The van der Waals surface area contributed by atoms with Gasteiger partial charge in [0.05, 0.1) is 17.5 Å². The van der Waals surface area contributed by atoms with Gasteiger partial charge in [-0.25, -0.2) is 10.4 Å². The number of aromatic hydroxyl groups is 1. The summed E-state index contributed by atoms with van der Waals surface area (Å²) in [7, 11) is 0. The van der Waals surface area contributed by atoms with Crippen molar-refractivity contribution < 1.29 is 18.7 Å². The fraction of sp³-hybridized carbons (Fsp3) is 0. The van der Waals surface area contributed by atoms with Crippen LogP contribution in [0.4, 0.5) is 0 Å². The number of fused-ring (bicyclic) bond motifs is 1. The van der Waals surface area contributed by atoms with Gasteiger partial charge in [0.1, 0.15) is 4.88 Å². The number of carbonyl (C=O) groups excluding carboxylic acids is 1. The second kappa shape index (κ2) is 6.66. The van der Waals surface area contributed by atoms with Gasteiger partial charge in [-0.2, -0.15) is 5.10 Å². The maximum atomic E-state index is 12.3. The minimum atomic E-state index is -0.457. The highest BCUT2D eigenvalue weighted by Gasteiger charge is 2.17.